The molecule has 0 saturated carbocycles. The summed E-state index contributed by atoms with van der Waals surface area (Å²) in [6.45, 7) is 2.20. The molecule has 0 aliphatic heterocycles. The summed E-state index contributed by atoms with van der Waals surface area (Å²) in [6.07, 6.45) is 0. The number of halogens is 1. The lowest BCUT2D eigenvalue weighted by Crippen LogP contribution is -2.15. The predicted octanol–water partition coefficient (Wildman–Crippen LogP) is 3.00. The molecule has 3 nitrogen and oxygen atoms in total. The molecule has 0 aromatic heterocycles. The number of hydrogen-bond donors (Lipinski definition) is 2. The number of nitrogen functional groups attached to an aromatic ring is 1. The lowest BCUT2D eigenvalue weighted by molar-refractivity contribution is 0.303. The minimum atomic E-state index is -0.412. The van der Waals surface area contributed by atoms with Crippen molar-refractivity contribution in [3.8, 4) is 5.75 Å². The van der Waals surface area contributed by atoms with Crippen molar-refractivity contribution in [3.05, 3.63) is 65.0 Å². The summed E-state index contributed by atoms with van der Waals surface area (Å²) in [4.78, 5) is 0. The van der Waals surface area contributed by atoms with Crippen LogP contribution in [0.25, 0.3) is 0 Å². The number of amidine groups is 1. The molecule has 0 unspecified atom stereocenters. The largest absolute Gasteiger partial charge is 0.489 e. The van der Waals surface area contributed by atoms with Crippen molar-refractivity contribution in [2.45, 2.75) is 13.5 Å². The molecule has 2 aromatic rings. The van der Waals surface area contributed by atoms with Gasteiger partial charge in [0.15, 0.2) is 0 Å². The normalized spacial score (nSPS) is 10.2. The summed E-state index contributed by atoms with van der Waals surface area (Å²) in [5.41, 5.74) is 7.53. The van der Waals surface area contributed by atoms with Crippen LogP contribution in [0.5, 0.6) is 5.75 Å². The summed E-state index contributed by atoms with van der Waals surface area (Å²) in [6, 6.07) is 11.8. The number of ether oxygens (including phenoxy) is 1. The van der Waals surface area contributed by atoms with Crippen LogP contribution in [0.3, 0.4) is 0 Å². The molecule has 0 bridgehead atoms. The van der Waals surface area contributed by atoms with E-state index in [0.29, 0.717) is 11.1 Å². The molecule has 2 aromatic carbocycles. The smallest absolute Gasteiger partial charge is 0.123 e. The Balaban J connectivity index is 2.20. The van der Waals surface area contributed by atoms with Crippen molar-refractivity contribution in [2.24, 2.45) is 5.73 Å². The fourth-order valence-corrected chi connectivity index (χ4v) is 1.80. The number of hydrogen-bond acceptors (Lipinski definition) is 2. The fraction of sp³-hybridized carbons (Fsp3) is 0.133. The van der Waals surface area contributed by atoms with Crippen LogP contribution in [0.1, 0.15) is 16.7 Å². The highest BCUT2D eigenvalue weighted by Gasteiger charge is 2.08. The molecule has 2 rings (SSSR count). The van der Waals surface area contributed by atoms with E-state index in [2.05, 4.69) is 0 Å². The van der Waals surface area contributed by atoms with E-state index >= 15 is 0 Å². The minimum Gasteiger partial charge on any atom is -0.489 e. The molecule has 0 aliphatic carbocycles. The third-order valence-corrected chi connectivity index (χ3v) is 2.84. The number of rotatable bonds is 4. The van der Waals surface area contributed by atoms with E-state index in [1.165, 1.54) is 12.1 Å². The van der Waals surface area contributed by atoms with Crippen molar-refractivity contribution in [3.63, 3.8) is 0 Å². The highest BCUT2D eigenvalue weighted by atomic mass is 19.1. The monoisotopic (exact) mass is 258 g/mol. The number of benzene rings is 2. The second-order valence-corrected chi connectivity index (χ2v) is 4.27. The quantitative estimate of drug-likeness (QED) is 0.654. The van der Waals surface area contributed by atoms with Gasteiger partial charge in [0.2, 0.25) is 0 Å². The van der Waals surface area contributed by atoms with Gasteiger partial charge in [-0.15, -0.1) is 0 Å². The molecule has 0 fully saturated rings. The summed E-state index contributed by atoms with van der Waals surface area (Å²) in [5, 5.41) is 7.45. The second-order valence-electron chi connectivity index (χ2n) is 4.27. The van der Waals surface area contributed by atoms with E-state index in [0.717, 1.165) is 11.3 Å². The van der Waals surface area contributed by atoms with Crippen molar-refractivity contribution in [1.29, 1.82) is 5.41 Å². The zero-order valence-electron chi connectivity index (χ0n) is 10.6. The zero-order valence-corrected chi connectivity index (χ0v) is 10.6. The fourth-order valence-electron chi connectivity index (χ4n) is 1.80. The molecule has 0 atom stereocenters. The van der Waals surface area contributed by atoms with Crippen LogP contribution < -0.4 is 10.5 Å². The van der Waals surface area contributed by atoms with Gasteiger partial charge in [0.25, 0.3) is 0 Å². The van der Waals surface area contributed by atoms with Gasteiger partial charge in [-0.3, -0.25) is 5.41 Å². The average molecular weight is 258 g/mol. The van der Waals surface area contributed by atoms with Gasteiger partial charge in [0.05, 0.1) is 0 Å². The maximum absolute atomic E-state index is 13.1. The Morgan fingerprint density at radius 3 is 2.68 bits per heavy atom. The number of nitrogens with one attached hydrogen (secondary N) is 1. The Labute approximate surface area is 111 Å². The van der Waals surface area contributed by atoms with Gasteiger partial charge in [0.1, 0.15) is 24.0 Å². The van der Waals surface area contributed by atoms with E-state index in [-0.39, 0.29) is 12.4 Å². The number of aryl methyl sites for hydroxylation is 1. The predicted molar refractivity (Wildman–Crippen MR) is 72.9 cm³/mol. The summed E-state index contributed by atoms with van der Waals surface area (Å²) in [5.74, 6) is 0.189. The molecule has 4 heteroatoms. The molecule has 0 radical (unpaired) electrons. The first-order chi connectivity index (χ1) is 9.08. The van der Waals surface area contributed by atoms with Crippen LogP contribution in [0.4, 0.5) is 4.39 Å². The van der Waals surface area contributed by atoms with Crippen molar-refractivity contribution in [2.75, 3.05) is 0 Å². The van der Waals surface area contributed by atoms with Gasteiger partial charge in [-0.25, -0.2) is 4.39 Å². The standard InChI is InChI=1S/C15H15FN2O/c1-10-4-2-3-5-14(10)19-9-11-6-7-12(16)8-13(11)15(17)18/h2-8H,9H2,1H3,(H3,17,18). The number of para-hydroxylation sites is 1. The van der Waals surface area contributed by atoms with Crippen LogP contribution in [0.2, 0.25) is 0 Å². The molecule has 0 saturated heterocycles. The van der Waals surface area contributed by atoms with Gasteiger partial charge in [0, 0.05) is 11.1 Å². The van der Waals surface area contributed by atoms with Gasteiger partial charge in [-0.05, 0) is 30.7 Å². The molecule has 0 aliphatic rings. The van der Waals surface area contributed by atoms with Crippen molar-refractivity contribution in [1.82, 2.24) is 0 Å². The zero-order chi connectivity index (χ0) is 13.8. The second kappa shape index (κ2) is 5.52. The van der Waals surface area contributed by atoms with Gasteiger partial charge >= 0.3 is 0 Å². The maximum Gasteiger partial charge on any atom is 0.123 e. The van der Waals surface area contributed by atoms with Crippen LogP contribution in [-0.2, 0) is 6.61 Å². The van der Waals surface area contributed by atoms with Crippen molar-refractivity contribution < 1.29 is 9.13 Å². The van der Waals surface area contributed by atoms with Gasteiger partial charge < -0.3 is 10.5 Å². The minimum absolute atomic E-state index is 0.164. The molecular weight excluding hydrogens is 243 g/mol. The molecule has 98 valence electrons. The van der Waals surface area contributed by atoms with Crippen LogP contribution in [-0.4, -0.2) is 5.84 Å². The first kappa shape index (κ1) is 13.1. The summed E-state index contributed by atoms with van der Waals surface area (Å²) < 4.78 is 18.8. The third kappa shape index (κ3) is 3.10. The Bertz CT molecular complexity index is 611. The Kier molecular flexibility index (Phi) is 3.80. The first-order valence-electron chi connectivity index (χ1n) is 5.89. The first-order valence-corrected chi connectivity index (χ1v) is 5.89. The molecule has 0 spiro atoms. The number of nitrogens with two attached hydrogens (primary N) is 1. The molecule has 3 N–H and O–H groups in total. The average Bonchev–Trinajstić information content (AvgIpc) is 2.38. The summed E-state index contributed by atoms with van der Waals surface area (Å²) >= 11 is 0. The summed E-state index contributed by atoms with van der Waals surface area (Å²) in [7, 11) is 0. The van der Waals surface area contributed by atoms with Gasteiger partial charge in [-0.2, -0.15) is 0 Å². The van der Waals surface area contributed by atoms with E-state index in [4.69, 9.17) is 15.9 Å². The molecule has 0 heterocycles. The van der Waals surface area contributed by atoms with E-state index in [1.54, 1.807) is 6.07 Å². The van der Waals surface area contributed by atoms with Crippen molar-refractivity contribution >= 4 is 5.84 Å². The molecule has 19 heavy (non-hydrogen) atoms. The Morgan fingerprint density at radius 1 is 1.26 bits per heavy atom. The third-order valence-electron chi connectivity index (χ3n) is 2.84. The van der Waals surface area contributed by atoms with E-state index in [9.17, 15) is 4.39 Å². The topological polar surface area (TPSA) is 59.1 Å². The maximum atomic E-state index is 13.1. The van der Waals surface area contributed by atoms with Crippen LogP contribution in [0.15, 0.2) is 42.5 Å². The van der Waals surface area contributed by atoms with E-state index < -0.39 is 5.82 Å². The highest BCUT2D eigenvalue weighted by molar-refractivity contribution is 5.96. The highest BCUT2D eigenvalue weighted by Crippen LogP contribution is 2.19. The Hall–Kier alpha value is -2.36. The van der Waals surface area contributed by atoms with Gasteiger partial charge in [-0.1, -0.05) is 24.3 Å². The SMILES string of the molecule is Cc1ccccc1OCc1ccc(F)cc1C(=N)N. The molecular formula is C15H15FN2O. The lowest BCUT2D eigenvalue weighted by Gasteiger charge is -2.12. The van der Waals surface area contributed by atoms with E-state index in [1.807, 2.05) is 31.2 Å². The molecule has 0 amide bonds. The van der Waals surface area contributed by atoms with Crippen LogP contribution >= 0.6 is 0 Å². The van der Waals surface area contributed by atoms with Crippen LogP contribution in [0, 0.1) is 18.2 Å². The Morgan fingerprint density at radius 2 is 2.00 bits per heavy atom. The lowest BCUT2D eigenvalue weighted by atomic mass is 10.1.